The molecule has 3 aliphatic rings. The molecule has 0 saturated heterocycles. The average molecular weight is 768 g/mol. The smallest absolute Gasteiger partial charge is 0.410 e. The highest BCUT2D eigenvalue weighted by atomic mass is 35.5. The highest BCUT2D eigenvalue weighted by molar-refractivity contribution is 6.18. The van der Waals surface area contributed by atoms with Crippen molar-refractivity contribution < 1.29 is 38.8 Å². The van der Waals surface area contributed by atoms with Gasteiger partial charge in [0.25, 0.3) is 0 Å². The van der Waals surface area contributed by atoms with Crippen LogP contribution in [0.3, 0.4) is 0 Å². The Hall–Kier alpha value is -3.64. The fraction of sp³-hybridized carbons (Fsp3) is 0.595. The molecule has 296 valence electrons. The van der Waals surface area contributed by atoms with Crippen LogP contribution in [0.5, 0.6) is 11.5 Å². The van der Waals surface area contributed by atoms with Crippen molar-refractivity contribution in [2.75, 3.05) is 39.4 Å². The largest absolute Gasteiger partial charge is 0.487 e. The van der Waals surface area contributed by atoms with E-state index in [2.05, 4.69) is 23.7 Å². The van der Waals surface area contributed by atoms with Gasteiger partial charge >= 0.3 is 6.09 Å². The molecule has 2 N–H and O–H groups in total. The number of aliphatic hydroxyl groups is 2. The van der Waals surface area contributed by atoms with Gasteiger partial charge in [0.2, 0.25) is 5.79 Å². The number of aromatic nitrogens is 1. The Kier molecular flexibility index (Phi) is 14.5. The third kappa shape index (κ3) is 9.59. The molecule has 6 atom stereocenters. The molecule has 1 fully saturated rings. The standard InChI is InChI=1S/C42H58ClN3O8/c1-7-22-52-42-37(46(6)40(49)50-23-19-43)26-35(45-54-41(3,4)5)33-24-29(14-8-10-20-47)32(16-9-11-21-48)38(39(33)42)34-25-31(17-18-36(34)53-42)51-27-30-15-12-13-28(2)44-30/h7,12-13,15,17-18,24-25,29,32,37-39,47-48H,1,8-11,14,16,19-23,26-27H2,2-6H3/t29-,32+,37-,38+,39+,42+/m0/s1. The number of nitrogens with zero attached hydrogens (tertiary/aromatic N) is 3. The zero-order chi connectivity index (χ0) is 38.9. The SMILES string of the molecule is C=CCO[C@@]12Oc3ccc(OCc4cccc(C)n4)cc3[C@H]3[C@H](CCCCO)[C@@H](CCCCO)C=C(C(=NOC(C)(C)C)C[C@@H]1N(C)C(=O)OCCCl)[C@H]32. The molecule has 2 aromatic rings. The van der Waals surface area contributed by atoms with Crippen LogP contribution >= 0.6 is 11.6 Å². The van der Waals surface area contributed by atoms with Crippen molar-refractivity contribution in [2.45, 2.75) is 103 Å². The molecule has 1 aliphatic heterocycles. The lowest BCUT2D eigenvalue weighted by atomic mass is 9.55. The Morgan fingerprint density at radius 2 is 1.91 bits per heavy atom. The van der Waals surface area contributed by atoms with E-state index in [9.17, 15) is 15.0 Å². The normalized spacial score (nSPS) is 25.1. The molecule has 5 rings (SSSR count). The lowest BCUT2D eigenvalue weighted by Crippen LogP contribution is -2.69. The minimum atomic E-state index is -1.37. The Balaban J connectivity index is 1.73. The molecule has 12 heteroatoms. The van der Waals surface area contributed by atoms with Crippen molar-refractivity contribution in [3.05, 3.63) is 77.7 Å². The Bertz CT molecular complexity index is 1640. The van der Waals surface area contributed by atoms with Crippen LogP contribution in [0.25, 0.3) is 0 Å². The molecular weight excluding hydrogens is 710 g/mol. The first kappa shape index (κ1) is 41.5. The lowest BCUT2D eigenvalue weighted by molar-refractivity contribution is -0.253. The number of aliphatic hydroxyl groups excluding tert-OH is 2. The number of fused-ring (bicyclic) bond motifs is 2. The van der Waals surface area contributed by atoms with Gasteiger partial charge in [0.05, 0.1) is 29.8 Å². The number of aryl methyl sites for hydroxylation is 1. The van der Waals surface area contributed by atoms with Crippen LogP contribution in [0.15, 0.2) is 65.9 Å². The van der Waals surface area contributed by atoms with E-state index in [4.69, 9.17) is 40.5 Å². The number of allylic oxidation sites excluding steroid dienone is 1. The third-order valence-corrected chi connectivity index (χ3v) is 10.6. The van der Waals surface area contributed by atoms with Crippen molar-refractivity contribution in [1.82, 2.24) is 9.88 Å². The zero-order valence-corrected chi connectivity index (χ0v) is 33.2. The summed E-state index contributed by atoms with van der Waals surface area (Å²) in [5.74, 6) is -0.297. The minimum absolute atomic E-state index is 0.0518. The number of benzene rings is 1. The zero-order valence-electron chi connectivity index (χ0n) is 32.5. The van der Waals surface area contributed by atoms with E-state index in [0.29, 0.717) is 36.7 Å². The second-order valence-electron chi connectivity index (χ2n) is 15.4. The number of ether oxygens (including phenoxy) is 4. The number of pyridine rings is 1. The molecule has 1 aromatic carbocycles. The second kappa shape index (κ2) is 18.8. The number of oxime groups is 1. The third-order valence-electron chi connectivity index (χ3n) is 10.5. The molecule has 2 heterocycles. The highest BCUT2D eigenvalue weighted by Gasteiger charge is 2.65. The van der Waals surface area contributed by atoms with Gasteiger partial charge in [-0.2, -0.15) is 0 Å². The van der Waals surface area contributed by atoms with Gasteiger partial charge in [-0.25, -0.2) is 4.79 Å². The quantitative estimate of drug-likeness (QED) is 0.0678. The fourth-order valence-electron chi connectivity index (χ4n) is 8.20. The predicted molar refractivity (Wildman–Crippen MR) is 209 cm³/mol. The summed E-state index contributed by atoms with van der Waals surface area (Å²) in [5.41, 5.74) is 3.82. The molecule has 0 bridgehead atoms. The maximum atomic E-state index is 13.7. The first-order chi connectivity index (χ1) is 26.0. The number of hydrogen-bond donors (Lipinski definition) is 2. The number of halogens is 1. The number of carbonyl (C=O) groups excluding carboxylic acids is 1. The van der Waals surface area contributed by atoms with Gasteiger partial charge in [0.15, 0.2) is 0 Å². The lowest BCUT2D eigenvalue weighted by Gasteiger charge is -2.59. The van der Waals surface area contributed by atoms with Crippen LogP contribution in [0.1, 0.15) is 88.6 Å². The summed E-state index contributed by atoms with van der Waals surface area (Å²) >= 11 is 5.93. The number of amides is 1. The van der Waals surface area contributed by atoms with Crippen molar-refractivity contribution in [3.63, 3.8) is 0 Å². The number of unbranched alkanes of at least 4 members (excludes halogenated alkanes) is 2. The van der Waals surface area contributed by atoms with Crippen LogP contribution in [0.2, 0.25) is 0 Å². The van der Waals surface area contributed by atoms with E-state index < -0.39 is 29.4 Å². The van der Waals surface area contributed by atoms with Crippen LogP contribution in [-0.2, 0) is 20.9 Å². The number of carbonyl (C=O) groups is 1. The van der Waals surface area contributed by atoms with E-state index in [1.54, 1.807) is 18.0 Å². The fourth-order valence-corrected chi connectivity index (χ4v) is 8.28. The van der Waals surface area contributed by atoms with E-state index in [-0.39, 0.29) is 56.5 Å². The number of likely N-dealkylation sites (N-methyl/N-ethyl adjacent to an activating group) is 1. The summed E-state index contributed by atoms with van der Waals surface area (Å²) in [4.78, 5) is 26.0. The van der Waals surface area contributed by atoms with E-state index in [1.807, 2.05) is 58.0 Å². The van der Waals surface area contributed by atoms with Gasteiger partial charge < -0.3 is 38.9 Å². The van der Waals surface area contributed by atoms with Crippen LogP contribution < -0.4 is 9.47 Å². The van der Waals surface area contributed by atoms with Crippen LogP contribution in [0.4, 0.5) is 4.79 Å². The number of rotatable bonds is 18. The maximum absolute atomic E-state index is 13.7. The molecule has 11 nitrogen and oxygen atoms in total. The molecule has 1 aromatic heterocycles. The molecule has 1 amide bonds. The van der Waals surface area contributed by atoms with Crippen molar-refractivity contribution >= 4 is 23.4 Å². The molecular formula is C42H58ClN3O8. The van der Waals surface area contributed by atoms with Crippen LogP contribution in [0, 0.1) is 24.7 Å². The predicted octanol–water partition coefficient (Wildman–Crippen LogP) is 7.71. The van der Waals surface area contributed by atoms with Gasteiger partial charge in [-0.1, -0.05) is 36.2 Å². The summed E-state index contributed by atoms with van der Waals surface area (Å²) in [6.07, 6.45) is 8.43. The van der Waals surface area contributed by atoms with Gasteiger partial charge in [-0.15, -0.1) is 18.2 Å². The van der Waals surface area contributed by atoms with Crippen molar-refractivity contribution in [3.8, 4) is 11.5 Å². The van der Waals surface area contributed by atoms with E-state index in [0.717, 1.165) is 48.2 Å². The molecule has 2 aliphatic carbocycles. The molecule has 1 saturated carbocycles. The summed E-state index contributed by atoms with van der Waals surface area (Å²) in [7, 11) is 1.70. The maximum Gasteiger partial charge on any atom is 0.410 e. The van der Waals surface area contributed by atoms with E-state index >= 15 is 0 Å². The Morgan fingerprint density at radius 3 is 2.59 bits per heavy atom. The summed E-state index contributed by atoms with van der Waals surface area (Å²) < 4.78 is 26.0. The van der Waals surface area contributed by atoms with Crippen molar-refractivity contribution in [1.29, 1.82) is 0 Å². The molecule has 0 unspecified atom stereocenters. The minimum Gasteiger partial charge on any atom is -0.487 e. The number of alkyl halides is 1. The topological polar surface area (TPSA) is 132 Å². The monoisotopic (exact) mass is 767 g/mol. The van der Waals surface area contributed by atoms with Gasteiger partial charge in [0, 0.05) is 43.9 Å². The van der Waals surface area contributed by atoms with Gasteiger partial charge in [0.1, 0.15) is 36.4 Å². The Morgan fingerprint density at radius 1 is 1.15 bits per heavy atom. The average Bonchev–Trinajstić information content (AvgIpc) is 3.15. The Labute approximate surface area is 325 Å². The first-order valence-electron chi connectivity index (χ1n) is 19.2. The molecule has 0 radical (unpaired) electrons. The van der Waals surface area contributed by atoms with Crippen LogP contribution in [-0.4, -0.2) is 88.7 Å². The second-order valence-corrected chi connectivity index (χ2v) is 15.8. The summed E-state index contributed by atoms with van der Waals surface area (Å²) in [5, 5.41) is 24.5. The highest BCUT2D eigenvalue weighted by Crippen LogP contribution is 2.61. The molecule has 0 spiro atoms. The molecule has 54 heavy (non-hydrogen) atoms. The van der Waals surface area contributed by atoms with E-state index in [1.165, 1.54) is 0 Å². The first-order valence-corrected chi connectivity index (χ1v) is 19.8. The van der Waals surface area contributed by atoms with Gasteiger partial charge in [-0.05, 0) is 101 Å². The summed E-state index contributed by atoms with van der Waals surface area (Å²) in [6.45, 7) is 12.5. The number of hydrogen-bond acceptors (Lipinski definition) is 10. The summed E-state index contributed by atoms with van der Waals surface area (Å²) in [6, 6.07) is 11.1. The van der Waals surface area contributed by atoms with Gasteiger partial charge in [-0.3, -0.25) is 4.98 Å². The van der Waals surface area contributed by atoms with Crippen molar-refractivity contribution in [2.24, 2.45) is 22.9 Å².